The van der Waals surface area contributed by atoms with Gasteiger partial charge in [-0.1, -0.05) is 77.3 Å². The van der Waals surface area contributed by atoms with Crippen LogP contribution in [0.3, 0.4) is 0 Å². The number of benzene rings is 1. The monoisotopic (exact) mass is 382 g/mol. The molecule has 1 aromatic heterocycles. The van der Waals surface area contributed by atoms with Crippen LogP contribution in [0.15, 0.2) is 36.5 Å². The topological polar surface area (TPSA) is 63.1 Å². The Morgan fingerprint density at radius 1 is 0.893 bits per heavy atom. The molecule has 28 heavy (non-hydrogen) atoms. The van der Waals surface area contributed by atoms with Crippen molar-refractivity contribution in [2.24, 2.45) is 0 Å². The van der Waals surface area contributed by atoms with E-state index in [-0.39, 0.29) is 5.56 Å². The number of unbranched alkanes of at least 4 members (excludes halogenated alkanes) is 6. The minimum atomic E-state index is -0.917. The van der Waals surface area contributed by atoms with E-state index >= 15 is 0 Å². The second-order valence-corrected chi connectivity index (χ2v) is 7.58. The number of aromatic carboxylic acids is 1. The van der Waals surface area contributed by atoms with Crippen molar-refractivity contribution in [1.29, 1.82) is 0 Å². The van der Waals surface area contributed by atoms with Crippen LogP contribution in [-0.2, 0) is 0 Å². The lowest BCUT2D eigenvalue weighted by molar-refractivity contribution is 0.0697. The first-order chi connectivity index (χ1) is 13.7. The number of carboxylic acid groups (broad SMARTS) is 1. The van der Waals surface area contributed by atoms with Crippen LogP contribution in [0.2, 0.25) is 0 Å². The first-order valence-electron chi connectivity index (χ1n) is 10.8. The van der Waals surface area contributed by atoms with Gasteiger partial charge in [0.1, 0.15) is 0 Å². The fourth-order valence-electron chi connectivity index (χ4n) is 3.56. The smallest absolute Gasteiger partial charge is 0.335 e. The number of hydrogen-bond acceptors (Lipinski definition) is 3. The quantitative estimate of drug-likeness (QED) is 0.384. The van der Waals surface area contributed by atoms with Crippen LogP contribution in [0.4, 0.5) is 0 Å². The summed E-state index contributed by atoms with van der Waals surface area (Å²) in [5, 5.41) is 9.06. The van der Waals surface area contributed by atoms with Gasteiger partial charge in [0.25, 0.3) is 0 Å². The lowest BCUT2D eigenvalue weighted by Crippen LogP contribution is -2.04. The number of rotatable bonds is 13. The standard InChI is InChI=1S/C24H34N2O2/c1-3-5-7-8-9-10-12-19(11-6-4-2)22-17-18-25-23(26-22)20-13-15-21(16-14-20)24(27)28/h13-19H,3-12H2,1-2H3,(H,27,28). The number of nitrogens with zero attached hydrogens (tertiary/aromatic N) is 2. The van der Waals surface area contributed by atoms with Crippen LogP contribution in [0.5, 0.6) is 0 Å². The van der Waals surface area contributed by atoms with Crippen molar-refractivity contribution in [2.75, 3.05) is 0 Å². The summed E-state index contributed by atoms with van der Waals surface area (Å²) < 4.78 is 0. The third-order valence-electron chi connectivity index (χ3n) is 5.30. The van der Waals surface area contributed by atoms with Crippen molar-refractivity contribution < 1.29 is 9.90 Å². The van der Waals surface area contributed by atoms with Gasteiger partial charge in [0, 0.05) is 23.4 Å². The SMILES string of the molecule is CCCCCCCCC(CCCC)c1ccnc(-c2ccc(C(=O)O)cc2)n1. The van der Waals surface area contributed by atoms with Gasteiger partial charge in [-0.15, -0.1) is 0 Å². The molecule has 0 aliphatic rings. The lowest BCUT2D eigenvalue weighted by atomic mass is 9.92. The second-order valence-electron chi connectivity index (χ2n) is 7.58. The van der Waals surface area contributed by atoms with Gasteiger partial charge in [-0.05, 0) is 31.0 Å². The van der Waals surface area contributed by atoms with Crippen LogP contribution in [-0.4, -0.2) is 21.0 Å². The molecule has 0 saturated carbocycles. The number of aromatic nitrogens is 2. The van der Waals surface area contributed by atoms with E-state index in [4.69, 9.17) is 10.1 Å². The molecule has 0 spiro atoms. The van der Waals surface area contributed by atoms with Crippen LogP contribution in [0.1, 0.15) is 100 Å². The first kappa shape index (κ1) is 22.1. The molecule has 0 amide bonds. The highest BCUT2D eigenvalue weighted by Gasteiger charge is 2.14. The first-order valence-corrected chi connectivity index (χ1v) is 10.8. The number of hydrogen-bond donors (Lipinski definition) is 1. The number of carboxylic acids is 1. The summed E-state index contributed by atoms with van der Waals surface area (Å²) in [5.41, 5.74) is 2.26. The van der Waals surface area contributed by atoms with Crippen LogP contribution >= 0.6 is 0 Å². The Hall–Kier alpha value is -2.23. The highest BCUT2D eigenvalue weighted by atomic mass is 16.4. The molecule has 1 N–H and O–H groups in total. The maximum absolute atomic E-state index is 11.0. The summed E-state index contributed by atoms with van der Waals surface area (Å²) in [4.78, 5) is 20.3. The van der Waals surface area contributed by atoms with E-state index in [0.29, 0.717) is 11.7 Å². The van der Waals surface area contributed by atoms with Crippen molar-refractivity contribution in [2.45, 2.75) is 84.0 Å². The van der Waals surface area contributed by atoms with E-state index in [0.717, 1.165) is 11.3 Å². The molecule has 2 aromatic rings. The van der Waals surface area contributed by atoms with Crippen molar-refractivity contribution in [3.8, 4) is 11.4 Å². The second kappa shape index (κ2) is 12.3. The highest BCUT2D eigenvalue weighted by molar-refractivity contribution is 5.88. The van der Waals surface area contributed by atoms with Crippen LogP contribution in [0, 0.1) is 0 Å². The molecule has 2 rings (SSSR count). The Morgan fingerprint density at radius 2 is 1.54 bits per heavy atom. The zero-order valence-electron chi connectivity index (χ0n) is 17.4. The zero-order valence-corrected chi connectivity index (χ0v) is 17.4. The molecule has 4 heteroatoms. The lowest BCUT2D eigenvalue weighted by Gasteiger charge is -2.17. The van der Waals surface area contributed by atoms with Gasteiger partial charge >= 0.3 is 5.97 Å². The van der Waals surface area contributed by atoms with E-state index in [1.807, 2.05) is 12.3 Å². The summed E-state index contributed by atoms with van der Waals surface area (Å²) in [5.74, 6) is 0.241. The van der Waals surface area contributed by atoms with E-state index < -0.39 is 5.97 Å². The Morgan fingerprint density at radius 3 is 2.21 bits per heavy atom. The van der Waals surface area contributed by atoms with Crippen molar-refractivity contribution in [1.82, 2.24) is 9.97 Å². The van der Waals surface area contributed by atoms with Gasteiger partial charge in [-0.2, -0.15) is 0 Å². The van der Waals surface area contributed by atoms with Crippen molar-refractivity contribution in [3.05, 3.63) is 47.8 Å². The molecule has 4 nitrogen and oxygen atoms in total. The third kappa shape index (κ3) is 7.06. The molecule has 1 atom stereocenters. The van der Waals surface area contributed by atoms with Gasteiger partial charge in [-0.25, -0.2) is 14.8 Å². The van der Waals surface area contributed by atoms with Gasteiger partial charge in [0.2, 0.25) is 0 Å². The minimum absolute atomic E-state index is 0.281. The Bertz CT molecular complexity index is 713. The molecule has 1 unspecified atom stereocenters. The van der Waals surface area contributed by atoms with Crippen LogP contribution in [0.25, 0.3) is 11.4 Å². The molecular weight excluding hydrogens is 348 g/mol. The van der Waals surface area contributed by atoms with Crippen molar-refractivity contribution in [3.63, 3.8) is 0 Å². The molecule has 152 valence electrons. The van der Waals surface area contributed by atoms with E-state index in [1.54, 1.807) is 24.3 Å². The molecular formula is C24H34N2O2. The van der Waals surface area contributed by atoms with Gasteiger partial charge in [0.15, 0.2) is 5.82 Å². The summed E-state index contributed by atoms with van der Waals surface area (Å²) in [6.45, 7) is 4.49. The molecule has 0 radical (unpaired) electrons. The average molecular weight is 383 g/mol. The predicted molar refractivity (Wildman–Crippen MR) is 115 cm³/mol. The molecule has 0 saturated heterocycles. The summed E-state index contributed by atoms with van der Waals surface area (Å²) in [6, 6.07) is 8.85. The number of carbonyl (C=O) groups is 1. The Kier molecular flexibility index (Phi) is 9.67. The normalized spacial score (nSPS) is 12.1. The van der Waals surface area contributed by atoms with Crippen molar-refractivity contribution >= 4 is 5.97 Å². The molecule has 0 fully saturated rings. The Labute approximate surface area is 169 Å². The summed E-state index contributed by atoms with van der Waals surface area (Å²) in [7, 11) is 0. The van der Waals surface area contributed by atoms with Gasteiger partial charge in [0.05, 0.1) is 5.56 Å². The Balaban J connectivity index is 2.06. The molecule has 0 aliphatic heterocycles. The largest absolute Gasteiger partial charge is 0.478 e. The van der Waals surface area contributed by atoms with Gasteiger partial charge < -0.3 is 5.11 Å². The summed E-state index contributed by atoms with van der Waals surface area (Å²) >= 11 is 0. The fourth-order valence-corrected chi connectivity index (χ4v) is 3.56. The highest BCUT2D eigenvalue weighted by Crippen LogP contribution is 2.28. The van der Waals surface area contributed by atoms with Gasteiger partial charge in [-0.3, -0.25) is 0 Å². The zero-order chi connectivity index (χ0) is 20.2. The predicted octanol–water partition coefficient (Wildman–Crippen LogP) is 6.87. The molecule has 0 aliphatic carbocycles. The minimum Gasteiger partial charge on any atom is -0.478 e. The van der Waals surface area contributed by atoms with E-state index in [1.165, 1.54) is 64.2 Å². The molecule has 1 aromatic carbocycles. The van der Waals surface area contributed by atoms with E-state index in [2.05, 4.69) is 18.8 Å². The fraction of sp³-hybridized carbons (Fsp3) is 0.542. The maximum Gasteiger partial charge on any atom is 0.335 e. The molecule has 1 heterocycles. The van der Waals surface area contributed by atoms with Crippen LogP contribution < -0.4 is 0 Å². The summed E-state index contributed by atoms with van der Waals surface area (Å²) in [6.07, 6.45) is 14.5. The third-order valence-corrected chi connectivity index (χ3v) is 5.30. The molecule has 0 bridgehead atoms. The van der Waals surface area contributed by atoms with E-state index in [9.17, 15) is 4.79 Å². The maximum atomic E-state index is 11.0. The average Bonchev–Trinajstić information content (AvgIpc) is 2.73.